The fourth-order valence-electron chi connectivity index (χ4n) is 1.12. The zero-order valence-corrected chi connectivity index (χ0v) is 7.05. The van der Waals surface area contributed by atoms with Gasteiger partial charge in [0.2, 0.25) is 0 Å². The van der Waals surface area contributed by atoms with Crippen LogP contribution in [0.5, 0.6) is 0 Å². The average Bonchev–Trinajstić information content (AvgIpc) is 2.43. The lowest BCUT2D eigenvalue weighted by molar-refractivity contribution is 0.153. The Morgan fingerprint density at radius 2 is 2.15 bits per heavy atom. The molecule has 2 nitrogen and oxygen atoms in total. The minimum absolute atomic E-state index is 0.122. The summed E-state index contributed by atoms with van der Waals surface area (Å²) < 4.78 is 29.6. The van der Waals surface area contributed by atoms with Gasteiger partial charge >= 0.3 is 0 Å². The number of hydrogen-bond acceptors (Lipinski definition) is 2. The van der Waals surface area contributed by atoms with E-state index >= 15 is 0 Å². The molecule has 0 bridgehead atoms. The summed E-state index contributed by atoms with van der Waals surface area (Å²) in [6, 6.07) is 4.32. The first-order valence-electron chi connectivity index (χ1n) is 3.51. The first kappa shape index (κ1) is 8.44. The molecule has 1 aromatic carbocycles. The number of benzene rings is 1. The molecular weight excluding hydrogens is 200 g/mol. The molecule has 0 N–H and O–H groups in total. The SMILES string of the molecule is FC(F)c1cccc2oc(Cl)nc12. The van der Waals surface area contributed by atoms with Crippen LogP contribution in [0.4, 0.5) is 8.78 Å². The van der Waals surface area contributed by atoms with E-state index in [9.17, 15) is 8.78 Å². The van der Waals surface area contributed by atoms with E-state index in [0.29, 0.717) is 0 Å². The number of oxazole rings is 1. The van der Waals surface area contributed by atoms with Crippen LogP contribution in [0.25, 0.3) is 11.1 Å². The topological polar surface area (TPSA) is 26.0 Å². The molecule has 13 heavy (non-hydrogen) atoms. The summed E-state index contributed by atoms with van der Waals surface area (Å²) in [4.78, 5) is 3.65. The van der Waals surface area contributed by atoms with Gasteiger partial charge in [-0.15, -0.1) is 0 Å². The Labute approximate surface area is 77.1 Å². The molecule has 0 saturated heterocycles. The van der Waals surface area contributed by atoms with Crippen LogP contribution in [0.2, 0.25) is 5.35 Å². The van der Waals surface area contributed by atoms with Gasteiger partial charge in [0.15, 0.2) is 5.58 Å². The van der Waals surface area contributed by atoms with Crippen LogP contribution in [0.1, 0.15) is 12.0 Å². The highest BCUT2D eigenvalue weighted by atomic mass is 35.5. The lowest BCUT2D eigenvalue weighted by Crippen LogP contribution is -1.85. The molecule has 0 spiro atoms. The van der Waals surface area contributed by atoms with E-state index in [1.165, 1.54) is 12.1 Å². The minimum atomic E-state index is -2.56. The Hall–Kier alpha value is -1.16. The monoisotopic (exact) mass is 203 g/mol. The second-order valence-corrected chi connectivity index (χ2v) is 2.78. The standard InChI is InChI=1S/C8H4ClF2NO/c9-8-12-6-4(7(10)11)2-1-3-5(6)13-8/h1-3,7H. The van der Waals surface area contributed by atoms with E-state index < -0.39 is 6.43 Å². The highest BCUT2D eigenvalue weighted by Gasteiger charge is 2.15. The molecule has 2 rings (SSSR count). The lowest BCUT2D eigenvalue weighted by Gasteiger charge is -1.97. The van der Waals surface area contributed by atoms with Crippen molar-refractivity contribution in [3.8, 4) is 0 Å². The van der Waals surface area contributed by atoms with Gasteiger partial charge in [0.25, 0.3) is 11.8 Å². The summed E-state index contributed by atoms with van der Waals surface area (Å²) in [6.07, 6.45) is -2.56. The van der Waals surface area contributed by atoms with Crippen molar-refractivity contribution < 1.29 is 13.2 Å². The predicted octanol–water partition coefficient (Wildman–Crippen LogP) is 3.42. The first-order chi connectivity index (χ1) is 6.18. The molecule has 0 saturated carbocycles. The van der Waals surface area contributed by atoms with Gasteiger partial charge in [-0.05, 0) is 17.7 Å². The molecule has 0 amide bonds. The van der Waals surface area contributed by atoms with Crippen molar-refractivity contribution in [2.45, 2.75) is 6.43 Å². The summed E-state index contributed by atoms with van der Waals surface area (Å²) in [7, 11) is 0. The summed E-state index contributed by atoms with van der Waals surface area (Å²) in [5.41, 5.74) is 0.249. The summed E-state index contributed by atoms with van der Waals surface area (Å²) in [5.74, 6) is 0. The number of halogens is 3. The van der Waals surface area contributed by atoms with Gasteiger partial charge in [0, 0.05) is 5.56 Å². The van der Waals surface area contributed by atoms with Crippen LogP contribution in [0.3, 0.4) is 0 Å². The van der Waals surface area contributed by atoms with E-state index in [2.05, 4.69) is 4.98 Å². The number of rotatable bonds is 1. The highest BCUT2D eigenvalue weighted by molar-refractivity contribution is 6.28. The number of nitrogens with zero attached hydrogens (tertiary/aromatic N) is 1. The largest absolute Gasteiger partial charge is 0.428 e. The molecule has 0 atom stereocenters. The molecule has 0 aliphatic rings. The molecule has 0 fully saturated rings. The quantitative estimate of drug-likeness (QED) is 0.710. The molecule has 68 valence electrons. The number of hydrogen-bond donors (Lipinski definition) is 0. The Kier molecular flexibility index (Phi) is 1.92. The van der Waals surface area contributed by atoms with E-state index in [-0.39, 0.29) is 22.0 Å². The number of para-hydroxylation sites is 1. The van der Waals surface area contributed by atoms with Crippen molar-refractivity contribution >= 4 is 22.7 Å². The molecular formula is C8H4ClF2NO. The first-order valence-corrected chi connectivity index (χ1v) is 3.89. The van der Waals surface area contributed by atoms with Crippen LogP contribution >= 0.6 is 11.6 Å². The van der Waals surface area contributed by atoms with E-state index in [4.69, 9.17) is 16.0 Å². The van der Waals surface area contributed by atoms with Crippen molar-refractivity contribution in [3.05, 3.63) is 29.1 Å². The van der Waals surface area contributed by atoms with Crippen LogP contribution in [-0.2, 0) is 0 Å². The van der Waals surface area contributed by atoms with Gasteiger partial charge in [-0.1, -0.05) is 12.1 Å². The second-order valence-electron chi connectivity index (χ2n) is 2.46. The normalized spacial score (nSPS) is 11.4. The molecule has 5 heteroatoms. The lowest BCUT2D eigenvalue weighted by atomic mass is 10.2. The van der Waals surface area contributed by atoms with E-state index in [1.54, 1.807) is 6.07 Å². The van der Waals surface area contributed by atoms with E-state index in [1.807, 2.05) is 0 Å². The smallest absolute Gasteiger partial charge is 0.293 e. The minimum Gasteiger partial charge on any atom is -0.428 e. The predicted molar refractivity (Wildman–Crippen MR) is 44.0 cm³/mol. The van der Waals surface area contributed by atoms with Gasteiger partial charge in [0.05, 0.1) is 0 Å². The zero-order valence-electron chi connectivity index (χ0n) is 6.30. The van der Waals surface area contributed by atoms with Crippen molar-refractivity contribution in [2.75, 3.05) is 0 Å². The van der Waals surface area contributed by atoms with Crippen LogP contribution in [0.15, 0.2) is 22.6 Å². The Morgan fingerprint density at radius 3 is 2.85 bits per heavy atom. The molecule has 1 heterocycles. The van der Waals surface area contributed by atoms with Crippen molar-refractivity contribution in [3.63, 3.8) is 0 Å². The highest BCUT2D eigenvalue weighted by Crippen LogP contribution is 2.28. The molecule has 1 aromatic heterocycles. The third-order valence-corrected chi connectivity index (χ3v) is 1.82. The van der Waals surface area contributed by atoms with Crippen molar-refractivity contribution in [1.29, 1.82) is 0 Å². The number of fused-ring (bicyclic) bond motifs is 1. The summed E-state index contributed by atoms with van der Waals surface area (Å²) >= 11 is 5.44. The summed E-state index contributed by atoms with van der Waals surface area (Å²) in [5, 5.41) is -0.122. The van der Waals surface area contributed by atoms with Crippen LogP contribution in [0, 0.1) is 0 Å². The number of aromatic nitrogens is 1. The fourth-order valence-corrected chi connectivity index (χ4v) is 1.29. The third-order valence-electron chi connectivity index (χ3n) is 1.66. The number of alkyl halides is 2. The maximum absolute atomic E-state index is 12.4. The summed E-state index contributed by atoms with van der Waals surface area (Å²) in [6.45, 7) is 0. The van der Waals surface area contributed by atoms with Gasteiger partial charge < -0.3 is 4.42 Å². The van der Waals surface area contributed by atoms with Crippen molar-refractivity contribution in [2.24, 2.45) is 0 Å². The zero-order chi connectivity index (χ0) is 9.42. The Morgan fingerprint density at radius 1 is 1.38 bits per heavy atom. The van der Waals surface area contributed by atoms with Crippen LogP contribution < -0.4 is 0 Å². The van der Waals surface area contributed by atoms with Gasteiger partial charge in [0.1, 0.15) is 5.52 Å². The molecule has 0 unspecified atom stereocenters. The van der Waals surface area contributed by atoms with Crippen molar-refractivity contribution in [1.82, 2.24) is 4.98 Å². The molecule has 2 aromatic rings. The molecule has 0 radical (unpaired) electrons. The van der Waals surface area contributed by atoms with Gasteiger partial charge in [-0.2, -0.15) is 4.98 Å². The Balaban J connectivity index is 2.75. The molecule has 0 aliphatic carbocycles. The third kappa shape index (κ3) is 1.37. The van der Waals surface area contributed by atoms with E-state index in [0.717, 1.165) is 0 Å². The Bertz CT molecular complexity index is 441. The van der Waals surface area contributed by atoms with Gasteiger partial charge in [-0.25, -0.2) is 8.78 Å². The van der Waals surface area contributed by atoms with Gasteiger partial charge in [-0.3, -0.25) is 0 Å². The average molecular weight is 204 g/mol. The maximum atomic E-state index is 12.4. The maximum Gasteiger partial charge on any atom is 0.293 e. The molecule has 0 aliphatic heterocycles. The fraction of sp³-hybridized carbons (Fsp3) is 0.125. The van der Waals surface area contributed by atoms with Crippen LogP contribution in [-0.4, -0.2) is 4.98 Å². The second kappa shape index (κ2) is 2.96.